The normalized spacial score (nSPS) is 9.84. The molecule has 0 fully saturated rings. The SMILES string of the molecule is C=Nc1ccc(Cn2ncc(C(=O)O)c2C#N)cc1. The molecule has 6 nitrogen and oxygen atoms in total. The van der Waals surface area contributed by atoms with E-state index in [-0.39, 0.29) is 11.3 Å². The fourth-order valence-corrected chi connectivity index (χ4v) is 1.66. The number of aromatic nitrogens is 2. The van der Waals surface area contributed by atoms with Crippen LogP contribution in [0, 0.1) is 11.3 Å². The molecule has 0 bridgehead atoms. The number of carboxylic acids is 1. The Labute approximate surface area is 109 Å². The summed E-state index contributed by atoms with van der Waals surface area (Å²) in [6, 6.07) is 9.09. The van der Waals surface area contributed by atoms with Crippen LogP contribution in [-0.4, -0.2) is 27.6 Å². The van der Waals surface area contributed by atoms with E-state index in [1.165, 1.54) is 10.9 Å². The zero-order valence-electron chi connectivity index (χ0n) is 9.95. The Bertz CT molecular complexity index is 665. The Morgan fingerprint density at radius 3 is 2.68 bits per heavy atom. The second-order valence-electron chi connectivity index (χ2n) is 3.81. The summed E-state index contributed by atoms with van der Waals surface area (Å²) in [6.07, 6.45) is 1.18. The van der Waals surface area contributed by atoms with Crippen LogP contribution in [0.3, 0.4) is 0 Å². The summed E-state index contributed by atoms with van der Waals surface area (Å²) in [5.74, 6) is -1.16. The van der Waals surface area contributed by atoms with Gasteiger partial charge in [0.2, 0.25) is 0 Å². The minimum atomic E-state index is -1.16. The fourth-order valence-electron chi connectivity index (χ4n) is 1.66. The number of hydrogen-bond acceptors (Lipinski definition) is 4. The third-order valence-corrected chi connectivity index (χ3v) is 2.63. The van der Waals surface area contributed by atoms with Gasteiger partial charge in [0.05, 0.1) is 18.4 Å². The van der Waals surface area contributed by atoms with Gasteiger partial charge in [-0.05, 0) is 24.4 Å². The van der Waals surface area contributed by atoms with Gasteiger partial charge in [-0.1, -0.05) is 12.1 Å². The zero-order valence-corrected chi connectivity index (χ0v) is 9.95. The van der Waals surface area contributed by atoms with Gasteiger partial charge >= 0.3 is 5.97 Å². The lowest BCUT2D eigenvalue weighted by molar-refractivity contribution is 0.0696. The highest BCUT2D eigenvalue weighted by atomic mass is 16.4. The van der Waals surface area contributed by atoms with Crippen LogP contribution in [-0.2, 0) is 6.54 Å². The molecule has 0 radical (unpaired) electrons. The van der Waals surface area contributed by atoms with Crippen molar-refractivity contribution >= 4 is 18.4 Å². The molecule has 19 heavy (non-hydrogen) atoms. The van der Waals surface area contributed by atoms with E-state index in [0.717, 1.165) is 11.3 Å². The molecule has 0 saturated heterocycles. The van der Waals surface area contributed by atoms with E-state index >= 15 is 0 Å². The predicted octanol–water partition coefficient (Wildman–Crippen LogP) is 1.83. The fraction of sp³-hybridized carbons (Fsp3) is 0.0769. The molecule has 0 amide bonds. The second-order valence-corrected chi connectivity index (χ2v) is 3.81. The molecule has 1 aromatic heterocycles. The number of rotatable bonds is 4. The lowest BCUT2D eigenvalue weighted by atomic mass is 10.2. The van der Waals surface area contributed by atoms with Crippen LogP contribution in [0.5, 0.6) is 0 Å². The summed E-state index contributed by atoms with van der Waals surface area (Å²) >= 11 is 0. The van der Waals surface area contributed by atoms with Crippen LogP contribution in [0.1, 0.15) is 21.6 Å². The molecule has 0 aliphatic heterocycles. The molecule has 0 saturated carbocycles. The quantitative estimate of drug-likeness (QED) is 0.842. The maximum absolute atomic E-state index is 10.9. The Kier molecular flexibility index (Phi) is 3.39. The second kappa shape index (κ2) is 5.14. The van der Waals surface area contributed by atoms with E-state index in [9.17, 15) is 4.79 Å². The molecule has 0 aliphatic carbocycles. The van der Waals surface area contributed by atoms with Crippen molar-refractivity contribution in [2.24, 2.45) is 4.99 Å². The molecule has 0 aliphatic rings. The van der Waals surface area contributed by atoms with Crippen LogP contribution in [0.2, 0.25) is 0 Å². The van der Waals surface area contributed by atoms with Crippen molar-refractivity contribution in [1.29, 1.82) is 5.26 Å². The van der Waals surface area contributed by atoms with Crippen molar-refractivity contribution < 1.29 is 9.90 Å². The first-order chi connectivity index (χ1) is 9.15. The summed E-state index contributed by atoms with van der Waals surface area (Å²) < 4.78 is 1.36. The van der Waals surface area contributed by atoms with Crippen molar-refractivity contribution in [3.05, 3.63) is 47.3 Å². The van der Waals surface area contributed by atoms with Crippen LogP contribution in [0.15, 0.2) is 35.5 Å². The van der Waals surface area contributed by atoms with Crippen LogP contribution in [0.4, 0.5) is 5.69 Å². The average molecular weight is 254 g/mol. The van der Waals surface area contributed by atoms with Crippen molar-refractivity contribution in [3.8, 4) is 6.07 Å². The molecular formula is C13H10N4O2. The smallest absolute Gasteiger partial charge is 0.340 e. The average Bonchev–Trinajstić information content (AvgIpc) is 2.82. The molecule has 0 unspecified atom stereocenters. The molecule has 0 spiro atoms. The van der Waals surface area contributed by atoms with E-state index in [1.54, 1.807) is 12.1 Å². The first-order valence-electron chi connectivity index (χ1n) is 5.40. The van der Waals surface area contributed by atoms with Gasteiger partial charge in [-0.15, -0.1) is 0 Å². The zero-order chi connectivity index (χ0) is 13.8. The molecule has 2 aromatic rings. The van der Waals surface area contributed by atoms with Crippen molar-refractivity contribution in [3.63, 3.8) is 0 Å². The highest BCUT2D eigenvalue weighted by Crippen LogP contribution is 2.14. The number of hydrogen-bond donors (Lipinski definition) is 1. The van der Waals surface area contributed by atoms with Gasteiger partial charge in [0.1, 0.15) is 11.6 Å². The minimum absolute atomic E-state index is 0.0402. The Morgan fingerprint density at radius 2 is 2.16 bits per heavy atom. The third-order valence-electron chi connectivity index (χ3n) is 2.63. The van der Waals surface area contributed by atoms with Gasteiger partial charge in [-0.25, -0.2) is 9.48 Å². The number of aliphatic imine (C=N–C) groups is 1. The maximum atomic E-state index is 10.9. The topological polar surface area (TPSA) is 91.3 Å². The summed E-state index contributed by atoms with van der Waals surface area (Å²) in [5, 5.41) is 21.8. The monoisotopic (exact) mass is 254 g/mol. The van der Waals surface area contributed by atoms with Crippen molar-refractivity contribution in [2.75, 3.05) is 0 Å². The van der Waals surface area contributed by atoms with E-state index in [0.29, 0.717) is 6.54 Å². The molecule has 6 heteroatoms. The van der Waals surface area contributed by atoms with Crippen LogP contribution >= 0.6 is 0 Å². The van der Waals surface area contributed by atoms with Gasteiger partial charge in [0.25, 0.3) is 0 Å². The molecule has 1 heterocycles. The highest BCUT2D eigenvalue weighted by molar-refractivity contribution is 5.89. The van der Waals surface area contributed by atoms with Crippen LogP contribution < -0.4 is 0 Å². The standard InChI is InChI=1S/C13H10N4O2/c1-15-10-4-2-9(3-5-10)8-17-12(6-14)11(7-16-17)13(18)19/h2-5,7H,1,8H2,(H,18,19). The maximum Gasteiger partial charge on any atom is 0.340 e. The van der Waals surface area contributed by atoms with Gasteiger partial charge < -0.3 is 5.11 Å². The number of carboxylic acid groups (broad SMARTS) is 1. The van der Waals surface area contributed by atoms with Crippen molar-refractivity contribution in [1.82, 2.24) is 9.78 Å². The van der Waals surface area contributed by atoms with Gasteiger partial charge in [-0.2, -0.15) is 10.4 Å². The lowest BCUT2D eigenvalue weighted by Gasteiger charge is -2.04. The molecule has 1 aromatic carbocycles. The van der Waals surface area contributed by atoms with E-state index in [4.69, 9.17) is 10.4 Å². The number of carbonyl (C=O) groups is 1. The summed E-state index contributed by atoms with van der Waals surface area (Å²) in [4.78, 5) is 14.7. The summed E-state index contributed by atoms with van der Waals surface area (Å²) in [5.41, 5.74) is 1.59. The number of nitriles is 1. The molecule has 1 N–H and O–H groups in total. The Morgan fingerprint density at radius 1 is 1.47 bits per heavy atom. The molecule has 2 rings (SSSR count). The largest absolute Gasteiger partial charge is 0.478 e. The van der Waals surface area contributed by atoms with E-state index in [1.807, 2.05) is 18.2 Å². The highest BCUT2D eigenvalue weighted by Gasteiger charge is 2.16. The molecule has 0 atom stereocenters. The predicted molar refractivity (Wildman–Crippen MR) is 68.7 cm³/mol. The van der Waals surface area contributed by atoms with E-state index < -0.39 is 5.97 Å². The number of aromatic carboxylic acids is 1. The summed E-state index contributed by atoms with van der Waals surface area (Å²) in [7, 11) is 0. The molecule has 94 valence electrons. The van der Waals surface area contributed by atoms with Gasteiger partial charge in [0, 0.05) is 0 Å². The minimum Gasteiger partial charge on any atom is -0.478 e. The number of benzene rings is 1. The first kappa shape index (κ1) is 12.5. The Hall–Kier alpha value is -2.94. The van der Waals surface area contributed by atoms with Gasteiger partial charge in [-0.3, -0.25) is 4.99 Å². The number of nitrogens with zero attached hydrogens (tertiary/aromatic N) is 4. The van der Waals surface area contributed by atoms with Gasteiger partial charge in [0.15, 0.2) is 5.69 Å². The molecular weight excluding hydrogens is 244 g/mol. The lowest BCUT2D eigenvalue weighted by Crippen LogP contribution is -2.06. The van der Waals surface area contributed by atoms with Crippen LogP contribution in [0.25, 0.3) is 0 Å². The van der Waals surface area contributed by atoms with E-state index in [2.05, 4.69) is 16.8 Å². The first-order valence-corrected chi connectivity index (χ1v) is 5.40. The Balaban J connectivity index is 2.30. The summed E-state index contributed by atoms with van der Waals surface area (Å²) in [6.45, 7) is 3.75. The third kappa shape index (κ3) is 2.50. The van der Waals surface area contributed by atoms with Crippen molar-refractivity contribution in [2.45, 2.75) is 6.54 Å².